The van der Waals surface area contributed by atoms with Crippen LogP contribution in [-0.4, -0.2) is 40.8 Å². The number of nitrogens with zero attached hydrogens (tertiary/aromatic N) is 2. The van der Waals surface area contributed by atoms with Crippen molar-refractivity contribution in [1.82, 2.24) is 9.88 Å². The Morgan fingerprint density at radius 2 is 2.14 bits per heavy atom. The summed E-state index contributed by atoms with van der Waals surface area (Å²) in [5.74, 6) is 0. The molecule has 6 nitrogen and oxygen atoms in total. The first-order valence-corrected chi connectivity index (χ1v) is 7.41. The first-order chi connectivity index (χ1) is 10.4. The van der Waals surface area contributed by atoms with Gasteiger partial charge in [-0.25, -0.2) is 4.79 Å². The predicted octanol–water partition coefficient (Wildman–Crippen LogP) is 3.22. The topological polar surface area (TPSA) is 64.8 Å². The number of para-hydroxylation sites is 2. The summed E-state index contributed by atoms with van der Waals surface area (Å²) in [5.41, 5.74) is 0.968. The zero-order chi connectivity index (χ0) is 15.7. The van der Waals surface area contributed by atoms with Crippen LogP contribution in [0.5, 0.6) is 6.08 Å². The summed E-state index contributed by atoms with van der Waals surface area (Å²) < 4.78 is 16.6. The van der Waals surface area contributed by atoms with Crippen molar-refractivity contribution in [1.29, 1.82) is 0 Å². The fraction of sp³-hybridized carbons (Fsp3) is 0.500. The lowest BCUT2D eigenvalue weighted by atomic mass is 10.2. The molecule has 6 heteroatoms. The molecule has 22 heavy (non-hydrogen) atoms. The van der Waals surface area contributed by atoms with E-state index in [4.69, 9.17) is 13.9 Å². The number of aromatic nitrogens is 1. The summed E-state index contributed by atoms with van der Waals surface area (Å²) in [4.78, 5) is 17.9. The minimum atomic E-state index is -0.490. The van der Waals surface area contributed by atoms with E-state index in [-0.39, 0.29) is 18.3 Å². The third-order valence-electron chi connectivity index (χ3n) is 3.34. The van der Waals surface area contributed by atoms with Crippen molar-refractivity contribution in [2.75, 3.05) is 13.1 Å². The molecule has 1 fully saturated rings. The van der Waals surface area contributed by atoms with Crippen molar-refractivity contribution < 1.29 is 18.7 Å². The number of likely N-dealkylation sites (tertiary alicyclic amines) is 1. The number of carbonyl (C=O) groups excluding carboxylic acids is 1. The van der Waals surface area contributed by atoms with E-state index >= 15 is 0 Å². The minimum absolute atomic E-state index is 0.124. The van der Waals surface area contributed by atoms with Gasteiger partial charge in [0.25, 0.3) is 0 Å². The smallest absolute Gasteiger partial charge is 0.410 e. The number of fused-ring (bicyclic) bond motifs is 1. The highest BCUT2D eigenvalue weighted by Crippen LogP contribution is 2.23. The molecule has 0 N–H and O–H groups in total. The Morgan fingerprint density at radius 1 is 1.36 bits per heavy atom. The van der Waals surface area contributed by atoms with E-state index in [0.29, 0.717) is 18.7 Å². The number of hydrogen-bond donors (Lipinski definition) is 0. The second-order valence-corrected chi connectivity index (χ2v) is 6.40. The summed E-state index contributed by atoms with van der Waals surface area (Å²) in [6.45, 7) is 6.65. The van der Waals surface area contributed by atoms with E-state index in [0.717, 1.165) is 11.9 Å². The van der Waals surface area contributed by atoms with Gasteiger partial charge in [0.05, 0.1) is 6.54 Å². The molecule has 0 spiro atoms. The molecule has 3 rings (SSSR count). The molecule has 0 bridgehead atoms. The molecule has 118 valence electrons. The quantitative estimate of drug-likeness (QED) is 0.852. The van der Waals surface area contributed by atoms with Gasteiger partial charge in [-0.05, 0) is 32.9 Å². The van der Waals surface area contributed by atoms with Crippen LogP contribution in [-0.2, 0) is 4.74 Å². The summed E-state index contributed by atoms with van der Waals surface area (Å²) in [6, 6.07) is 7.50. The van der Waals surface area contributed by atoms with Crippen LogP contribution in [0.2, 0.25) is 0 Å². The van der Waals surface area contributed by atoms with Crippen LogP contribution in [0.25, 0.3) is 11.1 Å². The monoisotopic (exact) mass is 304 g/mol. The third-order valence-corrected chi connectivity index (χ3v) is 3.34. The number of benzene rings is 1. The Kier molecular flexibility index (Phi) is 3.68. The highest BCUT2D eigenvalue weighted by molar-refractivity contribution is 5.72. The fourth-order valence-corrected chi connectivity index (χ4v) is 2.36. The van der Waals surface area contributed by atoms with Crippen molar-refractivity contribution in [2.45, 2.75) is 38.9 Å². The maximum atomic E-state index is 12.0. The van der Waals surface area contributed by atoms with Crippen molar-refractivity contribution in [3.05, 3.63) is 24.3 Å². The molecule has 2 aromatic rings. The number of rotatable bonds is 2. The second kappa shape index (κ2) is 5.51. The summed E-state index contributed by atoms with van der Waals surface area (Å²) in [5, 5.41) is 0. The normalized spacial score (nSPS) is 18.7. The van der Waals surface area contributed by atoms with Crippen LogP contribution >= 0.6 is 0 Å². The molecule has 1 amide bonds. The van der Waals surface area contributed by atoms with E-state index in [1.54, 1.807) is 4.90 Å². The predicted molar refractivity (Wildman–Crippen MR) is 80.8 cm³/mol. The average Bonchev–Trinajstić information content (AvgIpc) is 3.02. The standard InChI is InChI=1S/C16H20N2O4/c1-16(2,3)22-15(19)18-9-8-11(10-18)20-14-17-12-6-4-5-7-13(12)21-14/h4-7,11H,8-10H2,1-3H3/t11-/m0/s1. The van der Waals surface area contributed by atoms with Crippen molar-refractivity contribution in [3.8, 4) is 6.08 Å². The molecule has 1 aliphatic rings. The first-order valence-electron chi connectivity index (χ1n) is 7.41. The van der Waals surface area contributed by atoms with Crippen molar-refractivity contribution >= 4 is 17.2 Å². The average molecular weight is 304 g/mol. The van der Waals surface area contributed by atoms with Crippen LogP contribution < -0.4 is 4.74 Å². The molecule has 1 aromatic carbocycles. The van der Waals surface area contributed by atoms with Crippen LogP contribution in [0.3, 0.4) is 0 Å². The number of ether oxygens (including phenoxy) is 2. The Bertz CT molecular complexity index is 641. The number of amides is 1. The Labute approximate surface area is 129 Å². The molecule has 2 heterocycles. The number of oxazole rings is 1. The van der Waals surface area contributed by atoms with Crippen LogP contribution in [0.15, 0.2) is 28.7 Å². The van der Waals surface area contributed by atoms with E-state index < -0.39 is 5.60 Å². The Hall–Kier alpha value is -2.24. The molecule has 1 aromatic heterocycles. The van der Waals surface area contributed by atoms with Gasteiger partial charge in [-0.15, -0.1) is 0 Å². The highest BCUT2D eigenvalue weighted by Gasteiger charge is 2.31. The Morgan fingerprint density at radius 3 is 2.86 bits per heavy atom. The fourth-order valence-electron chi connectivity index (χ4n) is 2.36. The zero-order valence-electron chi connectivity index (χ0n) is 13.0. The molecule has 0 saturated carbocycles. The molecule has 1 saturated heterocycles. The van der Waals surface area contributed by atoms with Crippen molar-refractivity contribution in [3.63, 3.8) is 0 Å². The van der Waals surface area contributed by atoms with E-state index in [1.807, 2.05) is 45.0 Å². The third kappa shape index (κ3) is 3.32. The zero-order valence-corrected chi connectivity index (χ0v) is 13.0. The molecule has 0 radical (unpaired) electrons. The van der Waals surface area contributed by atoms with Gasteiger partial charge < -0.3 is 18.8 Å². The molecular weight excluding hydrogens is 284 g/mol. The molecule has 1 atom stereocenters. The van der Waals surface area contributed by atoms with Crippen molar-refractivity contribution in [2.24, 2.45) is 0 Å². The number of carbonyl (C=O) groups is 1. The summed E-state index contributed by atoms with van der Waals surface area (Å²) in [7, 11) is 0. The Balaban J connectivity index is 1.60. The maximum absolute atomic E-state index is 12.0. The molecule has 0 unspecified atom stereocenters. The minimum Gasteiger partial charge on any atom is -0.445 e. The second-order valence-electron chi connectivity index (χ2n) is 6.40. The lowest BCUT2D eigenvalue weighted by molar-refractivity contribution is 0.0269. The van der Waals surface area contributed by atoms with Gasteiger partial charge in [0.2, 0.25) is 0 Å². The highest BCUT2D eigenvalue weighted by atomic mass is 16.6. The van der Waals surface area contributed by atoms with Crippen LogP contribution in [0, 0.1) is 0 Å². The van der Waals surface area contributed by atoms with Gasteiger partial charge in [-0.2, -0.15) is 4.98 Å². The van der Waals surface area contributed by atoms with E-state index in [1.165, 1.54) is 0 Å². The van der Waals surface area contributed by atoms with Gasteiger partial charge in [0.15, 0.2) is 5.58 Å². The van der Waals surface area contributed by atoms with E-state index in [2.05, 4.69) is 4.98 Å². The number of hydrogen-bond acceptors (Lipinski definition) is 5. The van der Waals surface area contributed by atoms with Gasteiger partial charge >= 0.3 is 12.2 Å². The maximum Gasteiger partial charge on any atom is 0.410 e. The van der Waals surface area contributed by atoms with E-state index in [9.17, 15) is 4.79 Å². The van der Waals surface area contributed by atoms with Gasteiger partial charge in [-0.3, -0.25) is 0 Å². The SMILES string of the molecule is CC(C)(C)OC(=O)N1CC[C@H](Oc2nc3ccccc3o2)C1. The van der Waals surface area contributed by atoms with Gasteiger partial charge in [0, 0.05) is 13.0 Å². The van der Waals surface area contributed by atoms with Gasteiger partial charge in [-0.1, -0.05) is 12.1 Å². The van der Waals surface area contributed by atoms with Crippen LogP contribution in [0.4, 0.5) is 4.79 Å². The molecule has 1 aliphatic heterocycles. The summed E-state index contributed by atoms with van der Waals surface area (Å²) >= 11 is 0. The van der Waals surface area contributed by atoms with Crippen LogP contribution in [0.1, 0.15) is 27.2 Å². The summed E-state index contributed by atoms with van der Waals surface area (Å²) in [6.07, 6.45) is 0.548. The first kappa shape index (κ1) is 14.7. The lowest BCUT2D eigenvalue weighted by Crippen LogP contribution is -2.36. The molecular formula is C16H20N2O4. The van der Waals surface area contributed by atoms with Gasteiger partial charge in [0.1, 0.15) is 17.2 Å². The lowest BCUT2D eigenvalue weighted by Gasteiger charge is -2.24. The molecule has 0 aliphatic carbocycles. The largest absolute Gasteiger partial charge is 0.445 e.